The van der Waals surface area contributed by atoms with E-state index in [4.69, 9.17) is 5.73 Å². The molecular weight excluding hydrogens is 266 g/mol. The van der Waals surface area contributed by atoms with Gasteiger partial charge in [-0.05, 0) is 10.4 Å². The molecule has 0 fully saturated rings. The molecule has 2 N–H and O–H groups in total. The summed E-state index contributed by atoms with van der Waals surface area (Å²) in [5.74, 6) is 1.60. The minimum Gasteiger partial charge on any atom is -0.383 e. The first-order valence-electron chi connectivity index (χ1n) is 5.44. The van der Waals surface area contributed by atoms with Gasteiger partial charge in [-0.3, -0.25) is 4.68 Å². The Balaban J connectivity index is 1.89. The Morgan fingerprint density at radius 1 is 1.26 bits per heavy atom. The molecule has 0 amide bonds. The van der Waals surface area contributed by atoms with Crippen LogP contribution in [-0.2, 0) is 19.8 Å². The van der Waals surface area contributed by atoms with Crippen LogP contribution in [0.25, 0.3) is 11.0 Å². The van der Waals surface area contributed by atoms with Crippen molar-refractivity contribution in [2.24, 2.45) is 14.1 Å². The predicted octanol–water partition coefficient (Wildman–Crippen LogP) is -0.239. The third-order valence-corrected chi connectivity index (χ3v) is 3.59. The number of fused-ring (bicyclic) bond motifs is 1. The van der Waals surface area contributed by atoms with Crippen molar-refractivity contribution in [1.29, 1.82) is 0 Å². The van der Waals surface area contributed by atoms with E-state index in [1.165, 1.54) is 11.8 Å². The fourth-order valence-corrected chi connectivity index (χ4v) is 2.33. The van der Waals surface area contributed by atoms with Gasteiger partial charge in [0.1, 0.15) is 11.6 Å². The Morgan fingerprint density at radius 3 is 2.84 bits per heavy atom. The maximum Gasteiger partial charge on any atom is 0.209 e. The van der Waals surface area contributed by atoms with Gasteiger partial charge < -0.3 is 5.73 Å². The van der Waals surface area contributed by atoms with Crippen LogP contribution in [0.4, 0.5) is 5.82 Å². The molecule has 0 aliphatic heterocycles. The summed E-state index contributed by atoms with van der Waals surface area (Å²) in [5.41, 5.74) is 6.61. The average Bonchev–Trinajstić information content (AvgIpc) is 2.95. The highest BCUT2D eigenvalue weighted by Gasteiger charge is 2.11. The average molecular weight is 277 g/mol. The molecule has 0 spiro atoms. The van der Waals surface area contributed by atoms with Crippen LogP contribution in [0, 0.1) is 0 Å². The summed E-state index contributed by atoms with van der Waals surface area (Å²) >= 11 is 1.45. The third-order valence-electron chi connectivity index (χ3n) is 2.58. The normalized spacial score (nSPS) is 11.3. The molecule has 0 aliphatic rings. The number of thioether (sulfide) groups is 1. The van der Waals surface area contributed by atoms with E-state index in [0.717, 1.165) is 11.0 Å². The van der Waals surface area contributed by atoms with Crippen LogP contribution >= 0.6 is 11.8 Å². The van der Waals surface area contributed by atoms with E-state index in [1.807, 2.05) is 7.05 Å². The molecule has 10 heteroatoms. The van der Waals surface area contributed by atoms with Gasteiger partial charge in [-0.2, -0.15) is 5.10 Å². The zero-order valence-electron chi connectivity index (χ0n) is 10.3. The molecule has 3 aromatic heterocycles. The van der Waals surface area contributed by atoms with Crippen molar-refractivity contribution < 1.29 is 0 Å². The third kappa shape index (κ3) is 2.10. The zero-order valence-corrected chi connectivity index (χ0v) is 11.2. The second kappa shape index (κ2) is 4.46. The van der Waals surface area contributed by atoms with Gasteiger partial charge in [0, 0.05) is 14.1 Å². The molecule has 0 radical (unpaired) electrons. The van der Waals surface area contributed by atoms with E-state index >= 15 is 0 Å². The standard InChI is InChI=1S/C9H11N9S/c1-17-8-5(3-11-17)7(10)12-6(13-8)4-19-9-14-15-16-18(9)2/h3H,4H2,1-2H3,(H2,10,12,13). The molecule has 9 nitrogen and oxygen atoms in total. The van der Waals surface area contributed by atoms with Crippen LogP contribution in [0.3, 0.4) is 0 Å². The number of tetrazole rings is 1. The number of hydrogen-bond donors (Lipinski definition) is 1. The van der Waals surface area contributed by atoms with Crippen molar-refractivity contribution in [3.05, 3.63) is 12.0 Å². The van der Waals surface area contributed by atoms with Crippen molar-refractivity contribution in [2.75, 3.05) is 5.73 Å². The second-order valence-electron chi connectivity index (χ2n) is 3.90. The van der Waals surface area contributed by atoms with Crippen LogP contribution in [0.2, 0.25) is 0 Å². The van der Waals surface area contributed by atoms with Gasteiger partial charge in [0.2, 0.25) is 5.16 Å². The van der Waals surface area contributed by atoms with Crippen LogP contribution in [0.15, 0.2) is 11.4 Å². The van der Waals surface area contributed by atoms with Crippen LogP contribution in [-0.4, -0.2) is 40.0 Å². The highest BCUT2D eigenvalue weighted by molar-refractivity contribution is 7.98. The smallest absolute Gasteiger partial charge is 0.209 e. The molecule has 0 saturated heterocycles. The van der Waals surface area contributed by atoms with Crippen LogP contribution in [0.5, 0.6) is 0 Å². The lowest BCUT2D eigenvalue weighted by atomic mass is 10.4. The molecule has 0 saturated carbocycles. The number of aromatic nitrogens is 8. The van der Waals surface area contributed by atoms with E-state index in [2.05, 4.69) is 30.6 Å². The van der Waals surface area contributed by atoms with E-state index in [-0.39, 0.29) is 0 Å². The number of aryl methyl sites for hydroxylation is 2. The second-order valence-corrected chi connectivity index (χ2v) is 4.85. The van der Waals surface area contributed by atoms with Gasteiger partial charge in [-0.1, -0.05) is 11.8 Å². The molecule has 98 valence electrons. The quantitative estimate of drug-likeness (QED) is 0.653. The van der Waals surface area contributed by atoms with E-state index < -0.39 is 0 Å². The Hall–Kier alpha value is -2.23. The Bertz CT molecular complexity index is 730. The monoisotopic (exact) mass is 277 g/mol. The number of rotatable bonds is 3. The summed E-state index contributed by atoms with van der Waals surface area (Å²) < 4.78 is 3.27. The minimum absolute atomic E-state index is 0.435. The van der Waals surface area contributed by atoms with E-state index in [0.29, 0.717) is 22.6 Å². The summed E-state index contributed by atoms with van der Waals surface area (Å²) in [7, 11) is 3.60. The van der Waals surface area contributed by atoms with Crippen molar-refractivity contribution in [1.82, 2.24) is 40.0 Å². The Kier molecular flexibility index (Phi) is 2.78. The van der Waals surface area contributed by atoms with E-state index in [9.17, 15) is 0 Å². The lowest BCUT2D eigenvalue weighted by Gasteiger charge is -2.02. The van der Waals surface area contributed by atoms with Crippen molar-refractivity contribution in [3.8, 4) is 0 Å². The van der Waals surface area contributed by atoms with Gasteiger partial charge >= 0.3 is 0 Å². The molecular formula is C9H11N9S. The number of nitrogens with two attached hydrogens (primary N) is 1. The van der Waals surface area contributed by atoms with Crippen LogP contribution < -0.4 is 5.73 Å². The molecule has 19 heavy (non-hydrogen) atoms. The molecule has 3 heterocycles. The molecule has 3 aromatic rings. The maximum absolute atomic E-state index is 5.89. The summed E-state index contributed by atoms with van der Waals surface area (Å²) in [4.78, 5) is 8.69. The highest BCUT2D eigenvalue weighted by atomic mass is 32.2. The summed E-state index contributed by atoms with van der Waals surface area (Å²) in [6.45, 7) is 0. The van der Waals surface area contributed by atoms with Gasteiger partial charge in [0.15, 0.2) is 5.65 Å². The fourth-order valence-electron chi connectivity index (χ4n) is 1.63. The SMILES string of the molecule is Cn1nnnc1SCc1nc(N)c2cnn(C)c2n1. The van der Waals surface area contributed by atoms with Gasteiger partial charge in [-0.25, -0.2) is 14.6 Å². The molecule has 0 unspecified atom stereocenters. The summed E-state index contributed by atoms with van der Waals surface area (Å²) in [6.07, 6.45) is 1.66. The number of nitrogen functional groups attached to an aromatic ring is 1. The van der Waals surface area contributed by atoms with Gasteiger partial charge in [-0.15, -0.1) is 5.10 Å². The number of hydrogen-bond acceptors (Lipinski definition) is 8. The number of nitrogens with zero attached hydrogens (tertiary/aromatic N) is 8. The first-order valence-corrected chi connectivity index (χ1v) is 6.43. The number of anilines is 1. The topological polar surface area (TPSA) is 113 Å². The Morgan fingerprint density at radius 2 is 2.11 bits per heavy atom. The molecule has 0 bridgehead atoms. The van der Waals surface area contributed by atoms with E-state index in [1.54, 1.807) is 22.6 Å². The fraction of sp³-hybridized carbons (Fsp3) is 0.333. The zero-order chi connectivity index (χ0) is 13.4. The lowest BCUT2D eigenvalue weighted by molar-refractivity contribution is 0.664. The molecule has 0 atom stereocenters. The first-order chi connectivity index (χ1) is 9.15. The minimum atomic E-state index is 0.435. The van der Waals surface area contributed by atoms with Crippen molar-refractivity contribution >= 4 is 28.6 Å². The molecule has 0 aromatic carbocycles. The lowest BCUT2D eigenvalue weighted by Crippen LogP contribution is -2.02. The predicted molar refractivity (Wildman–Crippen MR) is 69.1 cm³/mol. The van der Waals surface area contributed by atoms with Crippen LogP contribution in [0.1, 0.15) is 5.82 Å². The van der Waals surface area contributed by atoms with Crippen molar-refractivity contribution in [2.45, 2.75) is 10.9 Å². The van der Waals surface area contributed by atoms with Crippen molar-refractivity contribution in [3.63, 3.8) is 0 Å². The largest absolute Gasteiger partial charge is 0.383 e. The van der Waals surface area contributed by atoms with Gasteiger partial charge in [0.25, 0.3) is 0 Å². The summed E-state index contributed by atoms with van der Waals surface area (Å²) in [6, 6.07) is 0. The maximum atomic E-state index is 5.89. The highest BCUT2D eigenvalue weighted by Crippen LogP contribution is 2.21. The molecule has 3 rings (SSSR count). The molecule has 0 aliphatic carbocycles. The Labute approximate surface area is 112 Å². The summed E-state index contributed by atoms with van der Waals surface area (Å²) in [5, 5.41) is 16.8. The first kappa shape index (κ1) is 11.8. The van der Waals surface area contributed by atoms with Gasteiger partial charge in [0.05, 0.1) is 17.3 Å².